The van der Waals surface area contributed by atoms with Crippen LogP contribution in [0.25, 0.3) is 0 Å². The van der Waals surface area contributed by atoms with E-state index in [-0.39, 0.29) is 22.1 Å². The van der Waals surface area contributed by atoms with E-state index in [1.165, 1.54) is 12.1 Å². The highest BCUT2D eigenvalue weighted by Gasteiger charge is 2.08. The van der Waals surface area contributed by atoms with E-state index in [2.05, 4.69) is 20.3 Å². The Morgan fingerprint density at radius 3 is 2.75 bits per heavy atom. The summed E-state index contributed by atoms with van der Waals surface area (Å²) < 4.78 is 18.6. The van der Waals surface area contributed by atoms with E-state index >= 15 is 0 Å². The fourth-order valence-electron chi connectivity index (χ4n) is 1.34. The van der Waals surface area contributed by atoms with Crippen molar-refractivity contribution in [2.45, 2.75) is 13.3 Å². The summed E-state index contributed by atoms with van der Waals surface area (Å²) >= 11 is 11.4. The minimum Gasteiger partial charge on any atom is -0.424 e. The third kappa shape index (κ3) is 3.91. The Kier molecular flexibility index (Phi) is 4.92. The first-order chi connectivity index (χ1) is 9.58. The summed E-state index contributed by atoms with van der Waals surface area (Å²) in [4.78, 5) is 11.7. The molecule has 0 atom stereocenters. The van der Waals surface area contributed by atoms with Crippen LogP contribution in [0.2, 0.25) is 10.3 Å². The van der Waals surface area contributed by atoms with Crippen LogP contribution in [0.1, 0.15) is 13.3 Å². The second-order valence-electron chi connectivity index (χ2n) is 3.82. The van der Waals surface area contributed by atoms with Crippen LogP contribution < -0.4 is 10.1 Å². The molecule has 1 heterocycles. The molecule has 0 unspecified atom stereocenters. The van der Waals surface area contributed by atoms with Gasteiger partial charge in [0.1, 0.15) is 11.6 Å². The molecule has 0 bridgehead atoms. The average molecular weight is 317 g/mol. The summed E-state index contributed by atoms with van der Waals surface area (Å²) in [6, 6.07) is 4.00. The zero-order valence-corrected chi connectivity index (χ0v) is 12.0. The maximum absolute atomic E-state index is 13.3. The smallest absolute Gasteiger partial charge is 0.328 e. The summed E-state index contributed by atoms with van der Waals surface area (Å²) in [5.74, 6) is -0.0689. The number of ether oxygens (including phenoxy) is 1. The highest BCUT2D eigenvalue weighted by atomic mass is 35.5. The quantitative estimate of drug-likeness (QED) is 0.905. The fourth-order valence-corrected chi connectivity index (χ4v) is 1.61. The number of rotatable bonds is 5. The molecular formula is C12H11Cl2FN4O. The van der Waals surface area contributed by atoms with Gasteiger partial charge in [0.2, 0.25) is 11.2 Å². The van der Waals surface area contributed by atoms with Gasteiger partial charge in [-0.25, -0.2) is 4.39 Å². The maximum atomic E-state index is 13.3. The maximum Gasteiger partial charge on any atom is 0.328 e. The molecule has 8 heteroatoms. The Hall–Kier alpha value is -1.66. The Bertz CT molecular complexity index is 612. The van der Waals surface area contributed by atoms with Crippen molar-refractivity contribution in [3.05, 3.63) is 34.3 Å². The minimum atomic E-state index is -0.589. The molecule has 20 heavy (non-hydrogen) atoms. The van der Waals surface area contributed by atoms with Crippen molar-refractivity contribution >= 4 is 29.2 Å². The van der Waals surface area contributed by atoms with E-state index in [4.69, 9.17) is 27.9 Å². The van der Waals surface area contributed by atoms with Crippen molar-refractivity contribution in [1.82, 2.24) is 15.0 Å². The molecule has 0 amide bonds. The molecule has 0 saturated heterocycles. The van der Waals surface area contributed by atoms with Crippen LogP contribution >= 0.6 is 23.2 Å². The number of anilines is 1. The Balaban J connectivity index is 2.19. The molecule has 106 valence electrons. The molecule has 0 aliphatic heterocycles. The number of aromatic nitrogens is 3. The lowest BCUT2D eigenvalue weighted by atomic mass is 10.3. The third-order valence-electron chi connectivity index (χ3n) is 2.22. The van der Waals surface area contributed by atoms with Crippen LogP contribution in [0.5, 0.6) is 11.8 Å². The Morgan fingerprint density at radius 1 is 1.25 bits per heavy atom. The Morgan fingerprint density at radius 2 is 2.05 bits per heavy atom. The van der Waals surface area contributed by atoms with Gasteiger partial charge in [-0.15, -0.1) is 0 Å². The molecule has 1 N–H and O–H groups in total. The molecule has 0 spiro atoms. The minimum absolute atomic E-state index is 0.0105. The number of hydrogen-bond acceptors (Lipinski definition) is 5. The highest BCUT2D eigenvalue weighted by molar-refractivity contribution is 6.30. The zero-order valence-electron chi connectivity index (χ0n) is 10.5. The van der Waals surface area contributed by atoms with E-state index in [1.54, 1.807) is 0 Å². The van der Waals surface area contributed by atoms with Gasteiger partial charge >= 0.3 is 6.01 Å². The normalized spacial score (nSPS) is 10.4. The van der Waals surface area contributed by atoms with Crippen LogP contribution in [0.4, 0.5) is 10.3 Å². The molecule has 0 saturated carbocycles. The number of hydrogen-bond donors (Lipinski definition) is 1. The zero-order chi connectivity index (χ0) is 14.5. The van der Waals surface area contributed by atoms with Gasteiger partial charge in [0.15, 0.2) is 0 Å². The highest BCUT2D eigenvalue weighted by Crippen LogP contribution is 2.24. The lowest BCUT2D eigenvalue weighted by molar-refractivity contribution is 0.436. The molecular weight excluding hydrogens is 306 g/mol. The predicted octanol–water partition coefficient (Wildman–Crippen LogP) is 3.93. The lowest BCUT2D eigenvalue weighted by Crippen LogP contribution is -2.06. The molecule has 5 nitrogen and oxygen atoms in total. The van der Waals surface area contributed by atoms with Crippen molar-refractivity contribution in [1.29, 1.82) is 0 Å². The van der Waals surface area contributed by atoms with Gasteiger partial charge < -0.3 is 10.1 Å². The SMILES string of the molecule is CCCNc1nc(Cl)nc(Oc2ccc(Cl)c(F)c2)n1. The fraction of sp³-hybridized carbons (Fsp3) is 0.250. The van der Waals surface area contributed by atoms with E-state index in [9.17, 15) is 4.39 Å². The third-order valence-corrected chi connectivity index (χ3v) is 2.70. The molecule has 1 aromatic heterocycles. The van der Waals surface area contributed by atoms with Gasteiger partial charge in [-0.3, -0.25) is 0 Å². The van der Waals surface area contributed by atoms with Crippen LogP contribution in [-0.2, 0) is 0 Å². The molecule has 0 aliphatic rings. The van der Waals surface area contributed by atoms with Crippen molar-refractivity contribution in [2.75, 3.05) is 11.9 Å². The molecule has 2 aromatic rings. The summed E-state index contributed by atoms with van der Waals surface area (Å²) in [7, 11) is 0. The first kappa shape index (κ1) is 14.7. The van der Waals surface area contributed by atoms with Crippen LogP contribution in [0, 0.1) is 5.82 Å². The van der Waals surface area contributed by atoms with Gasteiger partial charge in [-0.2, -0.15) is 15.0 Å². The molecule has 0 fully saturated rings. The van der Waals surface area contributed by atoms with Crippen LogP contribution in [-0.4, -0.2) is 21.5 Å². The van der Waals surface area contributed by atoms with Gasteiger partial charge in [-0.1, -0.05) is 18.5 Å². The topological polar surface area (TPSA) is 59.9 Å². The van der Waals surface area contributed by atoms with Gasteiger partial charge in [0.05, 0.1) is 5.02 Å². The van der Waals surface area contributed by atoms with Crippen LogP contribution in [0.3, 0.4) is 0 Å². The van der Waals surface area contributed by atoms with Gasteiger partial charge in [0, 0.05) is 12.6 Å². The first-order valence-electron chi connectivity index (χ1n) is 5.87. The monoisotopic (exact) mass is 316 g/mol. The summed E-state index contributed by atoms with van der Waals surface area (Å²) in [5, 5.41) is 2.96. The number of nitrogens with zero attached hydrogens (tertiary/aromatic N) is 3. The number of benzene rings is 1. The number of halogens is 3. The van der Waals surface area contributed by atoms with E-state index < -0.39 is 5.82 Å². The summed E-state index contributed by atoms with van der Waals surface area (Å²) in [6.07, 6.45) is 0.905. The van der Waals surface area contributed by atoms with Crippen molar-refractivity contribution in [3.8, 4) is 11.8 Å². The van der Waals surface area contributed by atoms with Crippen molar-refractivity contribution < 1.29 is 9.13 Å². The predicted molar refractivity (Wildman–Crippen MR) is 75.1 cm³/mol. The molecule has 0 aliphatic carbocycles. The molecule has 2 rings (SSSR count). The second kappa shape index (κ2) is 6.67. The molecule has 0 radical (unpaired) electrons. The Labute approximate surface area is 125 Å². The van der Waals surface area contributed by atoms with Gasteiger partial charge in [0.25, 0.3) is 0 Å². The summed E-state index contributed by atoms with van der Waals surface area (Å²) in [5.41, 5.74) is 0. The number of nitrogens with one attached hydrogen (secondary N) is 1. The standard InChI is InChI=1S/C12H11Cl2FN4O/c1-2-5-16-11-17-10(14)18-12(19-11)20-7-3-4-8(13)9(15)6-7/h3-4,6H,2,5H2,1H3,(H,16,17,18,19). The van der Waals surface area contributed by atoms with Crippen LogP contribution in [0.15, 0.2) is 18.2 Å². The van der Waals surface area contributed by atoms with E-state index in [0.29, 0.717) is 12.5 Å². The van der Waals surface area contributed by atoms with Gasteiger partial charge in [-0.05, 0) is 30.2 Å². The van der Waals surface area contributed by atoms with E-state index in [0.717, 1.165) is 12.5 Å². The van der Waals surface area contributed by atoms with Crippen molar-refractivity contribution in [2.24, 2.45) is 0 Å². The average Bonchev–Trinajstić information content (AvgIpc) is 2.40. The van der Waals surface area contributed by atoms with Crippen molar-refractivity contribution in [3.63, 3.8) is 0 Å². The first-order valence-corrected chi connectivity index (χ1v) is 6.62. The van der Waals surface area contributed by atoms with E-state index in [1.807, 2.05) is 6.92 Å². The molecule has 1 aromatic carbocycles. The summed E-state index contributed by atoms with van der Waals surface area (Å²) in [6.45, 7) is 2.69. The lowest BCUT2D eigenvalue weighted by Gasteiger charge is -2.07. The second-order valence-corrected chi connectivity index (χ2v) is 4.56. The largest absolute Gasteiger partial charge is 0.424 e.